The van der Waals surface area contributed by atoms with Crippen molar-refractivity contribution in [3.05, 3.63) is 188 Å². The van der Waals surface area contributed by atoms with Gasteiger partial charge in [0.15, 0.2) is 0 Å². The molecular formula is C48H32N2S. The first-order valence-electron chi connectivity index (χ1n) is 17.3. The van der Waals surface area contributed by atoms with Crippen molar-refractivity contribution in [2.24, 2.45) is 0 Å². The topological polar surface area (TPSA) is 9.86 Å². The number of nitrogens with zero attached hydrogens (tertiary/aromatic N) is 2. The molecule has 8 aromatic carbocycles. The summed E-state index contributed by atoms with van der Waals surface area (Å²) in [5.74, 6) is 0. The van der Waals surface area contributed by atoms with Crippen molar-refractivity contribution in [3.8, 4) is 44.8 Å². The maximum Gasteiger partial charge on any atom is 0.0541 e. The molecule has 0 bridgehead atoms. The van der Waals surface area contributed by atoms with Crippen LogP contribution < -0.4 is 0 Å². The molecule has 0 aliphatic carbocycles. The van der Waals surface area contributed by atoms with Gasteiger partial charge in [0.05, 0.1) is 22.1 Å². The lowest BCUT2D eigenvalue weighted by Crippen LogP contribution is -1.94. The molecule has 0 radical (unpaired) electrons. The molecule has 0 amide bonds. The minimum atomic E-state index is 0.974. The molecule has 0 atom stereocenters. The highest BCUT2D eigenvalue weighted by atomic mass is 32.1. The predicted octanol–water partition coefficient (Wildman–Crippen LogP) is 13.2. The number of rotatable bonds is 5. The summed E-state index contributed by atoms with van der Waals surface area (Å²) in [4.78, 5) is 0.974. The molecule has 0 spiro atoms. The molecule has 0 saturated heterocycles. The Bertz CT molecular complexity index is 2900. The van der Waals surface area contributed by atoms with E-state index < -0.39 is 0 Å². The highest BCUT2D eigenvalue weighted by Gasteiger charge is 2.16. The fourth-order valence-corrected chi connectivity index (χ4v) is 8.16. The molecule has 240 valence electrons. The van der Waals surface area contributed by atoms with Crippen molar-refractivity contribution in [2.75, 3.05) is 0 Å². The van der Waals surface area contributed by atoms with Crippen LogP contribution in [0.3, 0.4) is 0 Å². The van der Waals surface area contributed by atoms with Gasteiger partial charge in [-0.1, -0.05) is 121 Å². The van der Waals surface area contributed by atoms with E-state index in [0.29, 0.717) is 0 Å². The Morgan fingerprint density at radius 1 is 0.294 bits per heavy atom. The van der Waals surface area contributed by atoms with Crippen molar-refractivity contribution >= 4 is 56.2 Å². The van der Waals surface area contributed by atoms with Crippen LogP contribution in [0.25, 0.3) is 88.4 Å². The summed E-state index contributed by atoms with van der Waals surface area (Å²) >= 11 is 4.86. The average molecular weight is 669 g/mol. The summed E-state index contributed by atoms with van der Waals surface area (Å²) in [6, 6.07) is 67.8. The van der Waals surface area contributed by atoms with Gasteiger partial charge in [-0.2, -0.15) is 0 Å². The molecule has 3 heteroatoms. The monoisotopic (exact) mass is 668 g/mol. The molecule has 2 aromatic heterocycles. The zero-order valence-electron chi connectivity index (χ0n) is 27.7. The number of para-hydroxylation sites is 3. The largest absolute Gasteiger partial charge is 0.309 e. The summed E-state index contributed by atoms with van der Waals surface area (Å²) in [7, 11) is 0. The Morgan fingerprint density at radius 2 is 0.725 bits per heavy atom. The third-order valence-corrected chi connectivity index (χ3v) is 10.6. The fourth-order valence-electron chi connectivity index (χ4n) is 7.81. The lowest BCUT2D eigenvalue weighted by Gasteiger charge is -2.11. The second-order valence-corrected chi connectivity index (χ2v) is 13.6. The first kappa shape index (κ1) is 29.6. The van der Waals surface area contributed by atoms with E-state index in [1.165, 1.54) is 71.6 Å². The van der Waals surface area contributed by atoms with Crippen LogP contribution in [0.1, 0.15) is 0 Å². The average Bonchev–Trinajstić information content (AvgIpc) is 3.71. The molecule has 0 fully saturated rings. The fraction of sp³-hybridized carbons (Fsp3) is 0. The maximum absolute atomic E-state index is 4.86. The zero-order chi connectivity index (χ0) is 33.9. The van der Waals surface area contributed by atoms with Crippen molar-refractivity contribution < 1.29 is 0 Å². The Labute approximate surface area is 301 Å². The van der Waals surface area contributed by atoms with Crippen LogP contribution in [-0.4, -0.2) is 9.13 Å². The third-order valence-electron chi connectivity index (χ3n) is 10.2. The van der Waals surface area contributed by atoms with Crippen LogP contribution in [0.4, 0.5) is 0 Å². The third kappa shape index (κ3) is 4.89. The van der Waals surface area contributed by atoms with Gasteiger partial charge in [0.2, 0.25) is 0 Å². The quantitative estimate of drug-likeness (QED) is 0.175. The van der Waals surface area contributed by atoms with E-state index in [4.69, 9.17) is 12.6 Å². The van der Waals surface area contributed by atoms with Gasteiger partial charge in [-0.25, -0.2) is 0 Å². The molecule has 0 aliphatic heterocycles. The summed E-state index contributed by atoms with van der Waals surface area (Å²) in [5, 5.41) is 5.01. The Hall–Kier alpha value is -6.29. The minimum Gasteiger partial charge on any atom is -0.309 e. The lowest BCUT2D eigenvalue weighted by molar-refractivity contribution is 1.18. The molecule has 2 nitrogen and oxygen atoms in total. The van der Waals surface area contributed by atoms with E-state index in [1.54, 1.807) is 0 Å². The van der Waals surface area contributed by atoms with E-state index in [1.807, 2.05) is 6.07 Å². The van der Waals surface area contributed by atoms with E-state index in [9.17, 15) is 0 Å². The van der Waals surface area contributed by atoms with Gasteiger partial charge in [-0.15, -0.1) is 12.6 Å². The predicted molar refractivity (Wildman–Crippen MR) is 219 cm³/mol. The first-order chi connectivity index (χ1) is 25.2. The molecule has 2 heterocycles. The molecule has 0 unspecified atom stereocenters. The van der Waals surface area contributed by atoms with Crippen molar-refractivity contribution in [1.29, 1.82) is 0 Å². The number of hydrogen-bond acceptors (Lipinski definition) is 1. The van der Waals surface area contributed by atoms with Crippen LogP contribution in [0.2, 0.25) is 0 Å². The molecule has 10 rings (SSSR count). The molecule has 10 aromatic rings. The van der Waals surface area contributed by atoms with Gasteiger partial charge in [-0.3, -0.25) is 0 Å². The van der Waals surface area contributed by atoms with Crippen LogP contribution in [0, 0.1) is 0 Å². The smallest absolute Gasteiger partial charge is 0.0541 e. The van der Waals surface area contributed by atoms with Gasteiger partial charge in [-0.05, 0) is 100 Å². The number of aromatic nitrogens is 2. The highest BCUT2D eigenvalue weighted by Crippen LogP contribution is 2.39. The molecule has 0 aliphatic rings. The minimum absolute atomic E-state index is 0.974. The van der Waals surface area contributed by atoms with Gasteiger partial charge in [0.25, 0.3) is 0 Å². The summed E-state index contributed by atoms with van der Waals surface area (Å²) in [6.07, 6.45) is 0. The SMILES string of the molecule is Sc1cc(-c2ccc(-n3c4ccccc4c4cc(-c5ccc6c(c5)c5ccccc5n6-c5ccccc5)ccc43)cc2)ccc1-c1ccccc1. The highest BCUT2D eigenvalue weighted by molar-refractivity contribution is 7.80. The number of fused-ring (bicyclic) bond motifs is 6. The molecule has 0 saturated carbocycles. The molecular weight excluding hydrogens is 637 g/mol. The standard InChI is InChI=1S/C48H32N2S/c51-48-31-36(21-26-39(48)33-11-3-1-4-12-33)32-19-24-38(25-20-32)50-45-18-10-8-16-41(45)43-30-35(23-28-47(43)50)34-22-27-46-42(29-34)40-15-7-9-17-44(40)49(46)37-13-5-2-6-14-37/h1-31,51H. The van der Waals surface area contributed by atoms with E-state index >= 15 is 0 Å². The summed E-state index contributed by atoms with van der Waals surface area (Å²) < 4.78 is 4.76. The van der Waals surface area contributed by atoms with Crippen LogP contribution in [0.15, 0.2) is 193 Å². The van der Waals surface area contributed by atoms with Crippen LogP contribution in [0.5, 0.6) is 0 Å². The number of thiol groups is 1. The van der Waals surface area contributed by atoms with Crippen molar-refractivity contribution in [2.45, 2.75) is 4.90 Å². The van der Waals surface area contributed by atoms with Gasteiger partial charge < -0.3 is 9.13 Å². The normalized spacial score (nSPS) is 11.6. The van der Waals surface area contributed by atoms with Gasteiger partial charge in [0, 0.05) is 37.8 Å². The van der Waals surface area contributed by atoms with E-state index in [2.05, 4.69) is 191 Å². The van der Waals surface area contributed by atoms with Crippen LogP contribution in [-0.2, 0) is 0 Å². The van der Waals surface area contributed by atoms with Crippen molar-refractivity contribution in [1.82, 2.24) is 9.13 Å². The second-order valence-electron chi connectivity index (χ2n) is 13.1. The van der Waals surface area contributed by atoms with Gasteiger partial charge >= 0.3 is 0 Å². The van der Waals surface area contributed by atoms with Gasteiger partial charge in [0.1, 0.15) is 0 Å². The Morgan fingerprint density at radius 3 is 1.29 bits per heavy atom. The Kier molecular flexibility index (Phi) is 6.93. The summed E-state index contributed by atoms with van der Waals surface area (Å²) in [6.45, 7) is 0. The zero-order valence-corrected chi connectivity index (χ0v) is 28.6. The Balaban J connectivity index is 1.05. The van der Waals surface area contributed by atoms with Crippen molar-refractivity contribution in [3.63, 3.8) is 0 Å². The van der Waals surface area contributed by atoms with E-state index in [0.717, 1.165) is 21.7 Å². The second kappa shape index (κ2) is 11.9. The lowest BCUT2D eigenvalue weighted by atomic mass is 10.00. The number of hydrogen-bond donors (Lipinski definition) is 1. The van der Waals surface area contributed by atoms with E-state index in [-0.39, 0.29) is 0 Å². The van der Waals surface area contributed by atoms with Crippen LogP contribution >= 0.6 is 12.6 Å². The summed E-state index contributed by atoms with van der Waals surface area (Å²) in [5.41, 5.74) is 14.2. The molecule has 0 N–H and O–H groups in total. The maximum atomic E-state index is 4.86. The molecule has 51 heavy (non-hydrogen) atoms. The first-order valence-corrected chi connectivity index (χ1v) is 17.8. The number of benzene rings is 8.